The van der Waals surface area contributed by atoms with Gasteiger partial charge in [0.2, 0.25) is 5.78 Å². The van der Waals surface area contributed by atoms with Crippen LogP contribution in [-0.2, 0) is 14.4 Å². The van der Waals surface area contributed by atoms with Crippen molar-refractivity contribution in [2.75, 3.05) is 14.1 Å². The maximum Gasteiger partial charge on any atom is 0.255 e. The number of phenols is 1. The van der Waals surface area contributed by atoms with Crippen LogP contribution in [0, 0.1) is 11.8 Å². The number of amides is 1. The summed E-state index contributed by atoms with van der Waals surface area (Å²) >= 11 is 0. The van der Waals surface area contributed by atoms with Gasteiger partial charge in [-0.1, -0.05) is 13.0 Å². The number of carbonyl (C=O) groups excluding carboxylic acids is 3. The van der Waals surface area contributed by atoms with Crippen LogP contribution in [0.5, 0.6) is 5.75 Å². The lowest BCUT2D eigenvalue weighted by molar-refractivity contribution is -0.169. The fourth-order valence-corrected chi connectivity index (χ4v) is 6.44. The van der Waals surface area contributed by atoms with Gasteiger partial charge >= 0.3 is 0 Å². The minimum Gasteiger partial charge on any atom is -0.508 e. The van der Waals surface area contributed by atoms with Crippen LogP contribution in [0.25, 0.3) is 17.0 Å². The third kappa shape index (κ3) is 3.12. The van der Waals surface area contributed by atoms with Gasteiger partial charge in [-0.25, -0.2) is 0 Å². The molecule has 1 fully saturated rings. The fourth-order valence-electron chi connectivity index (χ4n) is 6.44. The van der Waals surface area contributed by atoms with Gasteiger partial charge in [0.15, 0.2) is 11.4 Å². The van der Waals surface area contributed by atoms with Gasteiger partial charge < -0.3 is 31.3 Å². The number of hydrogen-bond acceptors (Lipinski definition) is 10. The largest absolute Gasteiger partial charge is 0.508 e. The SMILES string of the molecule is C[C@@H]1c2c(-c3ccccn3)ccc(O)c2C(O)=C2C(=O)[C@@]3(O)C(O)=C(C(N)=O)C(=O)[C@H](N(C)C)[C@H]3[C@H](O)[C@H]21. The van der Waals surface area contributed by atoms with Crippen LogP contribution in [0.3, 0.4) is 0 Å². The van der Waals surface area contributed by atoms with Crippen molar-refractivity contribution >= 4 is 23.2 Å². The highest BCUT2D eigenvalue weighted by Crippen LogP contribution is 2.57. The van der Waals surface area contributed by atoms with Crippen LogP contribution in [0.1, 0.15) is 24.0 Å². The van der Waals surface area contributed by atoms with E-state index in [1.54, 1.807) is 37.4 Å². The van der Waals surface area contributed by atoms with Crippen LogP contribution in [-0.4, -0.2) is 84.7 Å². The minimum atomic E-state index is -2.95. The number of fused-ring (bicyclic) bond motifs is 3. The minimum absolute atomic E-state index is 0.0795. The number of aliphatic hydroxyl groups excluding tert-OH is 3. The molecule has 0 aliphatic heterocycles. The quantitative estimate of drug-likeness (QED) is 0.311. The molecular weight excluding hydrogens is 494 g/mol. The Morgan fingerprint density at radius 1 is 1.11 bits per heavy atom. The zero-order valence-corrected chi connectivity index (χ0v) is 20.8. The number of likely N-dealkylation sites (N-methyl/N-ethyl adjacent to an activating group) is 1. The van der Waals surface area contributed by atoms with Crippen LogP contribution in [0.2, 0.25) is 0 Å². The Morgan fingerprint density at radius 2 is 1.79 bits per heavy atom. The molecule has 1 aromatic carbocycles. The molecule has 0 radical (unpaired) electrons. The van der Waals surface area contributed by atoms with E-state index in [9.17, 15) is 39.9 Å². The summed E-state index contributed by atoms with van der Waals surface area (Å²) in [6.07, 6.45) is -0.0897. The highest BCUT2D eigenvalue weighted by molar-refractivity contribution is 6.24. The first-order chi connectivity index (χ1) is 17.8. The topological polar surface area (TPSA) is 195 Å². The molecule has 0 unspecified atom stereocenters. The van der Waals surface area contributed by atoms with E-state index in [-0.39, 0.29) is 11.3 Å². The molecule has 38 heavy (non-hydrogen) atoms. The molecule has 0 spiro atoms. The Hall–Kier alpha value is -4.06. The summed E-state index contributed by atoms with van der Waals surface area (Å²) in [4.78, 5) is 45.0. The standard InChI is InChI=1S/C27H27N3O8/c1-10-14-11(12-6-4-5-9-29-12)7-8-13(31)16(14)21(32)17-15(10)22(33)19-20(30(2)3)23(34)18(26(28)37)25(36)27(19,38)24(17)35/h4-10,15,19-20,22,31-33,36,38H,1-3H3,(H2,28,37)/t10-,15+,19+,20-,22-,27-/m1/s1. The van der Waals surface area contributed by atoms with Crippen molar-refractivity contribution in [1.29, 1.82) is 0 Å². The van der Waals surface area contributed by atoms with Gasteiger partial charge in [-0.15, -0.1) is 0 Å². The molecule has 3 aliphatic carbocycles. The molecule has 0 bridgehead atoms. The summed E-state index contributed by atoms with van der Waals surface area (Å²) in [6.45, 7) is 1.68. The van der Waals surface area contributed by atoms with Crippen molar-refractivity contribution in [3.63, 3.8) is 0 Å². The molecule has 5 rings (SSSR count). The highest BCUT2D eigenvalue weighted by atomic mass is 16.4. The van der Waals surface area contributed by atoms with Crippen LogP contribution in [0.4, 0.5) is 0 Å². The van der Waals surface area contributed by atoms with Gasteiger partial charge in [0, 0.05) is 23.3 Å². The second-order valence-electron chi connectivity index (χ2n) is 10.2. The van der Waals surface area contributed by atoms with E-state index in [4.69, 9.17) is 5.73 Å². The predicted octanol–water partition coefficient (Wildman–Crippen LogP) is 0.558. The smallest absolute Gasteiger partial charge is 0.255 e. The maximum absolute atomic E-state index is 14.0. The Labute approximate surface area is 217 Å². The average Bonchev–Trinajstić information content (AvgIpc) is 2.86. The number of aromatic hydroxyl groups is 1. The van der Waals surface area contributed by atoms with Crippen molar-refractivity contribution in [1.82, 2.24) is 9.88 Å². The molecule has 0 saturated heterocycles. The molecule has 1 saturated carbocycles. The fraction of sp³-hybridized carbons (Fsp3) is 0.333. The molecule has 3 aliphatic rings. The van der Waals surface area contributed by atoms with Gasteiger partial charge in [-0.3, -0.25) is 24.3 Å². The maximum atomic E-state index is 14.0. The van der Waals surface area contributed by atoms with E-state index < -0.39 is 75.6 Å². The van der Waals surface area contributed by atoms with Gasteiger partial charge in [0.25, 0.3) is 5.91 Å². The molecule has 7 N–H and O–H groups in total. The van der Waals surface area contributed by atoms with Crippen molar-refractivity contribution in [2.45, 2.75) is 30.6 Å². The number of phenolic OH excluding ortho intramolecular Hbond substituents is 1. The zero-order valence-electron chi connectivity index (χ0n) is 20.8. The van der Waals surface area contributed by atoms with Crippen LogP contribution in [0.15, 0.2) is 53.4 Å². The normalized spacial score (nSPS) is 30.7. The molecule has 1 aromatic heterocycles. The van der Waals surface area contributed by atoms with Gasteiger partial charge in [0.05, 0.1) is 29.3 Å². The lowest BCUT2D eigenvalue weighted by Crippen LogP contribution is -2.70. The van der Waals surface area contributed by atoms with E-state index in [2.05, 4.69) is 4.98 Å². The van der Waals surface area contributed by atoms with Crippen LogP contribution < -0.4 is 5.73 Å². The summed E-state index contributed by atoms with van der Waals surface area (Å²) in [5, 5.41) is 56.5. The number of primary amides is 1. The number of rotatable bonds is 3. The monoisotopic (exact) mass is 521 g/mol. The molecular formula is C27H27N3O8. The summed E-state index contributed by atoms with van der Waals surface area (Å²) < 4.78 is 0. The first kappa shape index (κ1) is 25.6. The Morgan fingerprint density at radius 3 is 2.37 bits per heavy atom. The lowest BCUT2D eigenvalue weighted by Gasteiger charge is -2.53. The van der Waals surface area contributed by atoms with E-state index >= 15 is 0 Å². The number of nitrogens with two attached hydrogens (primary N) is 1. The third-order valence-electron chi connectivity index (χ3n) is 8.05. The zero-order chi connectivity index (χ0) is 27.8. The van der Waals surface area contributed by atoms with Crippen molar-refractivity contribution in [3.8, 4) is 17.0 Å². The van der Waals surface area contributed by atoms with Crippen molar-refractivity contribution < 1.29 is 39.9 Å². The molecule has 198 valence electrons. The summed E-state index contributed by atoms with van der Waals surface area (Å²) in [6, 6.07) is 6.75. The Bertz CT molecular complexity index is 1460. The van der Waals surface area contributed by atoms with E-state index in [1.807, 2.05) is 0 Å². The number of aromatic nitrogens is 1. The third-order valence-corrected chi connectivity index (χ3v) is 8.05. The number of carbonyl (C=O) groups is 3. The summed E-state index contributed by atoms with van der Waals surface area (Å²) in [5.74, 6) is -9.32. The van der Waals surface area contributed by atoms with Crippen LogP contribution >= 0.6 is 0 Å². The van der Waals surface area contributed by atoms with Gasteiger partial charge in [-0.2, -0.15) is 0 Å². The Kier molecular flexibility index (Phi) is 5.71. The molecule has 1 heterocycles. The van der Waals surface area contributed by atoms with Gasteiger partial charge in [-0.05, 0) is 49.8 Å². The second kappa shape index (κ2) is 8.48. The molecule has 11 nitrogen and oxygen atoms in total. The highest BCUT2D eigenvalue weighted by Gasteiger charge is 2.68. The number of aliphatic hydroxyl groups is 4. The Balaban J connectivity index is 1.83. The number of pyridine rings is 1. The number of Topliss-reactive ketones (excluding diaryl/α,β-unsaturated/α-hetero) is 2. The number of benzene rings is 1. The molecule has 11 heteroatoms. The summed E-state index contributed by atoms with van der Waals surface area (Å²) in [7, 11) is 2.92. The summed E-state index contributed by atoms with van der Waals surface area (Å²) in [5.41, 5.74) is 2.38. The molecule has 6 atom stereocenters. The number of hydrogen-bond donors (Lipinski definition) is 6. The first-order valence-corrected chi connectivity index (χ1v) is 12.0. The number of nitrogens with zero attached hydrogens (tertiary/aromatic N) is 2. The molecule has 1 amide bonds. The van der Waals surface area contributed by atoms with E-state index in [0.717, 1.165) is 0 Å². The number of ketones is 2. The van der Waals surface area contributed by atoms with E-state index in [1.165, 1.54) is 25.1 Å². The second-order valence-corrected chi connectivity index (χ2v) is 10.2. The van der Waals surface area contributed by atoms with Gasteiger partial charge in [0.1, 0.15) is 22.8 Å². The van der Waals surface area contributed by atoms with Crippen molar-refractivity contribution in [3.05, 3.63) is 64.6 Å². The lowest BCUT2D eigenvalue weighted by atomic mass is 9.54. The average molecular weight is 522 g/mol. The predicted molar refractivity (Wildman–Crippen MR) is 134 cm³/mol. The van der Waals surface area contributed by atoms with Crippen molar-refractivity contribution in [2.24, 2.45) is 17.6 Å². The molecule has 2 aromatic rings. The van der Waals surface area contributed by atoms with E-state index in [0.29, 0.717) is 16.8 Å². The first-order valence-electron chi connectivity index (χ1n) is 12.0.